The first-order valence-electron chi connectivity index (χ1n) is 10.4. The van der Waals surface area contributed by atoms with Gasteiger partial charge in [-0.1, -0.05) is 29.4 Å². The smallest absolute Gasteiger partial charge is 0.161 e. The fraction of sp³-hybridized carbons (Fsp3) is 0.417. The highest BCUT2D eigenvalue weighted by Gasteiger charge is 2.29. The molecule has 2 unspecified atom stereocenters. The number of rotatable bonds is 8. The largest absolute Gasteiger partial charge is 0.617 e. The van der Waals surface area contributed by atoms with E-state index in [4.69, 9.17) is 9.47 Å². The van der Waals surface area contributed by atoms with Crippen molar-refractivity contribution in [3.8, 4) is 11.5 Å². The van der Waals surface area contributed by atoms with Crippen molar-refractivity contribution in [1.29, 1.82) is 0 Å². The normalized spacial score (nSPS) is 17.7. The van der Waals surface area contributed by atoms with Crippen LogP contribution in [-0.2, 0) is 24.0 Å². The van der Waals surface area contributed by atoms with E-state index in [1.165, 1.54) is 27.6 Å². The maximum Gasteiger partial charge on any atom is 0.161 e. The molecule has 160 valence electrons. The third-order valence-corrected chi connectivity index (χ3v) is 6.90. The Labute approximate surface area is 181 Å². The second-order valence-electron chi connectivity index (χ2n) is 7.88. The van der Waals surface area contributed by atoms with Gasteiger partial charge in [-0.3, -0.25) is 4.90 Å². The molecule has 0 fully saturated rings. The monoisotopic (exact) mass is 426 g/mol. The van der Waals surface area contributed by atoms with Crippen molar-refractivity contribution in [1.82, 2.24) is 9.88 Å². The van der Waals surface area contributed by atoms with Crippen molar-refractivity contribution in [2.45, 2.75) is 25.3 Å². The zero-order valence-corrected chi connectivity index (χ0v) is 18.8. The number of ether oxygens (including phenoxy) is 2. The van der Waals surface area contributed by atoms with Gasteiger partial charge in [0, 0.05) is 36.2 Å². The summed E-state index contributed by atoms with van der Waals surface area (Å²) in [5.41, 5.74) is 5.16. The van der Waals surface area contributed by atoms with E-state index in [9.17, 15) is 4.55 Å². The molecule has 0 spiro atoms. The predicted molar refractivity (Wildman–Crippen MR) is 123 cm³/mol. The summed E-state index contributed by atoms with van der Waals surface area (Å²) in [5.74, 6) is 2.26. The minimum atomic E-state index is -0.795. The van der Waals surface area contributed by atoms with Gasteiger partial charge in [-0.25, -0.2) is 0 Å². The third kappa shape index (κ3) is 4.31. The first-order valence-corrected chi connectivity index (χ1v) is 12.2. The molecule has 1 aliphatic rings. The third-order valence-electron chi connectivity index (χ3n) is 6.14. The van der Waals surface area contributed by atoms with E-state index < -0.39 is 11.2 Å². The van der Waals surface area contributed by atoms with Crippen LogP contribution >= 0.6 is 0 Å². The van der Waals surface area contributed by atoms with Crippen LogP contribution in [0.5, 0.6) is 11.5 Å². The number of aryl methyl sites for hydroxylation is 1. The SMILES string of the molecule is COc1cc2c(cc1OC)C(CCc1c[nH]c3ccccc13)N(CC[S+](C)[O-])CC2. The second-order valence-corrected chi connectivity index (χ2v) is 9.44. The molecule has 30 heavy (non-hydrogen) atoms. The Morgan fingerprint density at radius 1 is 1.17 bits per heavy atom. The summed E-state index contributed by atoms with van der Waals surface area (Å²) in [5, 5.41) is 1.29. The molecule has 0 saturated heterocycles. The van der Waals surface area contributed by atoms with E-state index in [2.05, 4.69) is 52.5 Å². The summed E-state index contributed by atoms with van der Waals surface area (Å²) >= 11 is -0.795. The lowest BCUT2D eigenvalue weighted by Crippen LogP contribution is -2.38. The van der Waals surface area contributed by atoms with Gasteiger partial charge in [0.15, 0.2) is 11.5 Å². The van der Waals surface area contributed by atoms with Gasteiger partial charge in [-0.15, -0.1) is 0 Å². The lowest BCUT2D eigenvalue weighted by atomic mass is 9.88. The lowest BCUT2D eigenvalue weighted by Gasteiger charge is -2.37. The molecular formula is C24H30N2O3S. The highest BCUT2D eigenvalue weighted by atomic mass is 32.2. The predicted octanol–water partition coefficient (Wildman–Crippen LogP) is 4.10. The number of aromatic nitrogens is 1. The molecule has 0 bridgehead atoms. The van der Waals surface area contributed by atoms with E-state index in [1.807, 2.05) is 0 Å². The number of H-pyrrole nitrogens is 1. The van der Waals surface area contributed by atoms with Gasteiger partial charge in [0.2, 0.25) is 0 Å². The molecule has 0 aliphatic carbocycles. The summed E-state index contributed by atoms with van der Waals surface area (Å²) in [4.78, 5) is 5.88. The van der Waals surface area contributed by atoms with Crippen molar-refractivity contribution in [2.24, 2.45) is 0 Å². The quantitative estimate of drug-likeness (QED) is 0.551. The van der Waals surface area contributed by atoms with Crippen molar-refractivity contribution in [3.05, 3.63) is 59.3 Å². The second kappa shape index (κ2) is 9.33. The topological polar surface area (TPSA) is 60.5 Å². The first-order chi connectivity index (χ1) is 14.6. The maximum atomic E-state index is 11.8. The molecule has 2 heterocycles. The van der Waals surface area contributed by atoms with Gasteiger partial charge in [0.05, 0.1) is 20.5 Å². The van der Waals surface area contributed by atoms with Crippen LogP contribution in [0.3, 0.4) is 0 Å². The standard InChI is InChI=1S/C24H30N2O3S/c1-28-23-14-17-10-11-26(12-13-30(3)27)22(20(17)15-24(23)29-2)9-8-18-16-25-21-7-5-4-6-19(18)21/h4-7,14-16,22,25H,8-13H2,1-3H3. The average Bonchev–Trinajstić information content (AvgIpc) is 3.18. The number of aromatic amines is 1. The zero-order valence-electron chi connectivity index (χ0n) is 17.9. The average molecular weight is 427 g/mol. The fourth-order valence-corrected chi connectivity index (χ4v) is 5.05. The van der Waals surface area contributed by atoms with E-state index >= 15 is 0 Å². The summed E-state index contributed by atoms with van der Waals surface area (Å²) in [6.45, 7) is 1.81. The van der Waals surface area contributed by atoms with Gasteiger partial charge in [0.1, 0.15) is 5.75 Å². The maximum absolute atomic E-state index is 11.8. The van der Waals surface area contributed by atoms with Crippen LogP contribution in [0.1, 0.15) is 29.2 Å². The minimum Gasteiger partial charge on any atom is -0.617 e. The van der Waals surface area contributed by atoms with Crippen LogP contribution in [0, 0.1) is 0 Å². The molecule has 0 saturated carbocycles. The molecule has 1 aromatic heterocycles. The number of hydrogen-bond acceptors (Lipinski definition) is 4. The highest BCUT2D eigenvalue weighted by Crippen LogP contribution is 2.40. The zero-order chi connectivity index (χ0) is 21.1. The van der Waals surface area contributed by atoms with Gasteiger partial charge < -0.3 is 19.0 Å². The van der Waals surface area contributed by atoms with Crippen molar-refractivity contribution in [2.75, 3.05) is 39.3 Å². The molecule has 3 aromatic rings. The van der Waals surface area contributed by atoms with E-state index in [-0.39, 0.29) is 6.04 Å². The molecule has 2 atom stereocenters. The van der Waals surface area contributed by atoms with Gasteiger partial charge in [0.25, 0.3) is 0 Å². The number of fused-ring (bicyclic) bond motifs is 2. The molecule has 1 N–H and O–H groups in total. The van der Waals surface area contributed by atoms with E-state index in [1.54, 1.807) is 20.5 Å². The minimum absolute atomic E-state index is 0.269. The molecular weight excluding hydrogens is 396 g/mol. The molecule has 0 radical (unpaired) electrons. The van der Waals surface area contributed by atoms with Crippen LogP contribution in [0.2, 0.25) is 0 Å². The molecule has 0 amide bonds. The number of benzene rings is 2. The molecule has 5 nitrogen and oxygen atoms in total. The Balaban J connectivity index is 1.63. The van der Waals surface area contributed by atoms with Crippen LogP contribution < -0.4 is 9.47 Å². The summed E-state index contributed by atoms with van der Waals surface area (Å²) in [7, 11) is 3.37. The van der Waals surface area contributed by atoms with Crippen molar-refractivity contribution >= 4 is 22.1 Å². The first kappa shape index (κ1) is 21.1. The summed E-state index contributed by atoms with van der Waals surface area (Å²) in [6, 6.07) is 13.0. The van der Waals surface area contributed by atoms with E-state index in [0.29, 0.717) is 5.75 Å². The van der Waals surface area contributed by atoms with Crippen LogP contribution in [-0.4, -0.2) is 53.8 Å². The lowest BCUT2D eigenvalue weighted by molar-refractivity contribution is 0.185. The van der Waals surface area contributed by atoms with Crippen LogP contribution in [0.25, 0.3) is 10.9 Å². The number of para-hydroxylation sites is 1. The Hall–Kier alpha value is -2.15. The Morgan fingerprint density at radius 3 is 2.70 bits per heavy atom. The fourth-order valence-electron chi connectivity index (χ4n) is 4.56. The van der Waals surface area contributed by atoms with Crippen LogP contribution in [0.15, 0.2) is 42.6 Å². The Bertz CT molecular complexity index is 1000. The van der Waals surface area contributed by atoms with Gasteiger partial charge in [-0.2, -0.15) is 0 Å². The van der Waals surface area contributed by atoms with Crippen molar-refractivity contribution < 1.29 is 14.0 Å². The summed E-state index contributed by atoms with van der Waals surface area (Å²) in [6.07, 6.45) is 6.87. The molecule has 4 rings (SSSR count). The van der Waals surface area contributed by atoms with Crippen LogP contribution in [0.4, 0.5) is 0 Å². The number of nitrogens with one attached hydrogen (secondary N) is 1. The Morgan fingerprint density at radius 2 is 1.93 bits per heavy atom. The van der Waals surface area contributed by atoms with Crippen molar-refractivity contribution in [3.63, 3.8) is 0 Å². The number of nitrogens with zero attached hydrogens (tertiary/aromatic N) is 1. The number of hydrogen-bond donors (Lipinski definition) is 1. The molecule has 6 heteroatoms. The van der Waals surface area contributed by atoms with Gasteiger partial charge >= 0.3 is 0 Å². The highest BCUT2D eigenvalue weighted by molar-refractivity contribution is 7.90. The molecule has 2 aromatic carbocycles. The molecule has 1 aliphatic heterocycles. The number of methoxy groups -OCH3 is 2. The van der Waals surface area contributed by atoms with Gasteiger partial charge in [-0.05, 0) is 54.2 Å². The summed E-state index contributed by atoms with van der Waals surface area (Å²) < 4.78 is 22.9. The Kier molecular flexibility index (Phi) is 6.56. The van der Waals surface area contributed by atoms with E-state index in [0.717, 1.165) is 43.9 Å².